The number of hydrogen-bond acceptors (Lipinski definition) is 3. The fraction of sp³-hybridized carbons (Fsp3) is 0.500. The lowest BCUT2D eigenvalue weighted by molar-refractivity contribution is 0.173. The first kappa shape index (κ1) is 10.3. The van der Waals surface area contributed by atoms with Crippen molar-refractivity contribution in [3.63, 3.8) is 0 Å². The summed E-state index contributed by atoms with van der Waals surface area (Å²) >= 11 is 0. The van der Waals surface area contributed by atoms with Gasteiger partial charge in [-0.15, -0.1) is 0 Å². The molecule has 1 aromatic carbocycles. The molecule has 0 radical (unpaired) electrons. The first-order valence-corrected chi connectivity index (χ1v) is 5.39. The molecule has 0 fully saturated rings. The van der Waals surface area contributed by atoms with Gasteiger partial charge in [-0.3, -0.25) is 0 Å². The van der Waals surface area contributed by atoms with Crippen LogP contribution in [0.5, 0.6) is 11.5 Å². The summed E-state index contributed by atoms with van der Waals surface area (Å²) in [5.41, 5.74) is 0.891. The van der Waals surface area contributed by atoms with Gasteiger partial charge < -0.3 is 14.6 Å². The lowest BCUT2D eigenvalue weighted by Gasteiger charge is -2.12. The number of benzene rings is 1. The molecule has 0 amide bonds. The molecule has 1 aromatic rings. The lowest BCUT2D eigenvalue weighted by Crippen LogP contribution is -1.98. The molecule has 1 atom stereocenters. The second-order valence-electron chi connectivity index (χ2n) is 3.68. The third-order valence-electron chi connectivity index (χ3n) is 2.54. The summed E-state index contributed by atoms with van der Waals surface area (Å²) in [6, 6.07) is 5.63. The Labute approximate surface area is 89.6 Å². The average Bonchev–Trinajstić information content (AvgIpc) is 2.51. The van der Waals surface area contributed by atoms with Crippen LogP contribution in [0.25, 0.3) is 0 Å². The van der Waals surface area contributed by atoms with Crippen molar-refractivity contribution in [2.24, 2.45) is 0 Å². The van der Waals surface area contributed by atoms with E-state index in [4.69, 9.17) is 9.47 Å². The van der Waals surface area contributed by atoms with Gasteiger partial charge in [0.15, 0.2) is 11.5 Å². The zero-order valence-electron chi connectivity index (χ0n) is 8.90. The maximum absolute atomic E-state index is 9.70. The maximum Gasteiger partial charge on any atom is 0.161 e. The van der Waals surface area contributed by atoms with Crippen molar-refractivity contribution in [2.45, 2.75) is 25.9 Å². The second kappa shape index (κ2) is 4.53. The van der Waals surface area contributed by atoms with E-state index >= 15 is 0 Å². The van der Waals surface area contributed by atoms with E-state index in [-0.39, 0.29) is 0 Å². The predicted molar refractivity (Wildman–Crippen MR) is 57.3 cm³/mol. The molecule has 0 saturated carbocycles. The third kappa shape index (κ3) is 2.23. The van der Waals surface area contributed by atoms with Crippen molar-refractivity contribution in [1.82, 2.24) is 0 Å². The van der Waals surface area contributed by atoms with E-state index in [0.717, 1.165) is 23.5 Å². The van der Waals surface area contributed by atoms with Crippen LogP contribution in [0.15, 0.2) is 18.2 Å². The highest BCUT2D eigenvalue weighted by Gasteiger charge is 2.13. The van der Waals surface area contributed by atoms with E-state index in [0.29, 0.717) is 19.6 Å². The molecule has 0 bridgehead atoms. The molecule has 1 N–H and O–H groups in total. The number of aliphatic hydroxyl groups is 1. The van der Waals surface area contributed by atoms with Crippen LogP contribution < -0.4 is 9.47 Å². The molecule has 0 aromatic heterocycles. The average molecular weight is 208 g/mol. The summed E-state index contributed by atoms with van der Waals surface area (Å²) in [6.07, 6.45) is 1.20. The molecule has 15 heavy (non-hydrogen) atoms. The van der Waals surface area contributed by atoms with Crippen LogP contribution >= 0.6 is 0 Å². The van der Waals surface area contributed by atoms with E-state index in [2.05, 4.69) is 0 Å². The highest BCUT2D eigenvalue weighted by Crippen LogP contribution is 2.32. The van der Waals surface area contributed by atoms with Crippen LogP contribution in [0.2, 0.25) is 0 Å². The second-order valence-corrected chi connectivity index (χ2v) is 3.68. The molecule has 3 nitrogen and oxygen atoms in total. The molecular formula is C12H16O3. The van der Waals surface area contributed by atoms with Gasteiger partial charge in [-0.25, -0.2) is 0 Å². The fourth-order valence-corrected chi connectivity index (χ4v) is 1.62. The number of rotatable bonds is 2. The summed E-state index contributed by atoms with van der Waals surface area (Å²) in [5.74, 6) is 1.53. The minimum Gasteiger partial charge on any atom is -0.490 e. The number of aliphatic hydroxyl groups excluding tert-OH is 1. The molecule has 0 saturated heterocycles. The Morgan fingerprint density at radius 3 is 2.73 bits per heavy atom. The van der Waals surface area contributed by atoms with Gasteiger partial charge in [-0.1, -0.05) is 13.0 Å². The molecule has 3 heteroatoms. The highest BCUT2D eigenvalue weighted by atomic mass is 16.5. The van der Waals surface area contributed by atoms with Crippen molar-refractivity contribution in [3.05, 3.63) is 23.8 Å². The molecule has 2 rings (SSSR count). The minimum atomic E-state index is -0.415. The van der Waals surface area contributed by atoms with Crippen molar-refractivity contribution < 1.29 is 14.6 Å². The zero-order valence-corrected chi connectivity index (χ0v) is 8.90. The van der Waals surface area contributed by atoms with E-state index in [9.17, 15) is 5.11 Å². The molecule has 0 unspecified atom stereocenters. The standard InChI is InChI=1S/C12H16O3/c1-2-10(13)9-4-5-11-12(8-9)15-7-3-6-14-11/h4-5,8,10,13H,2-3,6-7H2,1H3/t10-/m1/s1. The summed E-state index contributed by atoms with van der Waals surface area (Å²) in [6.45, 7) is 3.33. The molecule has 1 aliphatic heterocycles. The molecule has 82 valence electrons. The molecule has 0 aliphatic carbocycles. The Kier molecular flexibility index (Phi) is 3.11. The van der Waals surface area contributed by atoms with Gasteiger partial charge >= 0.3 is 0 Å². The predicted octanol–water partition coefficient (Wildman–Crippen LogP) is 2.29. The zero-order chi connectivity index (χ0) is 10.7. The minimum absolute atomic E-state index is 0.415. The largest absolute Gasteiger partial charge is 0.490 e. The van der Waals surface area contributed by atoms with Crippen molar-refractivity contribution in [1.29, 1.82) is 0 Å². The van der Waals surface area contributed by atoms with Crippen molar-refractivity contribution in [3.8, 4) is 11.5 Å². The maximum atomic E-state index is 9.70. The Bertz CT molecular complexity index is 336. The van der Waals surface area contributed by atoms with E-state index < -0.39 is 6.10 Å². The first-order chi connectivity index (χ1) is 7.31. The Morgan fingerprint density at radius 1 is 1.27 bits per heavy atom. The Morgan fingerprint density at radius 2 is 2.00 bits per heavy atom. The van der Waals surface area contributed by atoms with Crippen molar-refractivity contribution in [2.75, 3.05) is 13.2 Å². The van der Waals surface area contributed by atoms with Gasteiger partial charge in [-0.2, -0.15) is 0 Å². The van der Waals surface area contributed by atoms with E-state index in [1.165, 1.54) is 0 Å². The highest BCUT2D eigenvalue weighted by molar-refractivity contribution is 5.43. The molecule has 1 heterocycles. The van der Waals surface area contributed by atoms with Gasteiger partial charge in [-0.05, 0) is 24.1 Å². The van der Waals surface area contributed by atoms with Gasteiger partial charge in [0.05, 0.1) is 19.3 Å². The lowest BCUT2D eigenvalue weighted by atomic mass is 10.1. The van der Waals surface area contributed by atoms with Gasteiger partial charge in [0.25, 0.3) is 0 Å². The summed E-state index contributed by atoms with van der Waals surface area (Å²) in [5, 5.41) is 9.70. The van der Waals surface area contributed by atoms with Crippen LogP contribution in [-0.4, -0.2) is 18.3 Å². The summed E-state index contributed by atoms with van der Waals surface area (Å²) in [4.78, 5) is 0. The van der Waals surface area contributed by atoms with Crippen LogP contribution in [0.1, 0.15) is 31.4 Å². The molecular weight excluding hydrogens is 192 g/mol. The monoisotopic (exact) mass is 208 g/mol. The quantitative estimate of drug-likeness (QED) is 0.810. The fourth-order valence-electron chi connectivity index (χ4n) is 1.62. The Hall–Kier alpha value is -1.22. The van der Waals surface area contributed by atoms with Crippen LogP contribution in [0.4, 0.5) is 0 Å². The summed E-state index contributed by atoms with van der Waals surface area (Å²) < 4.78 is 11.1. The van der Waals surface area contributed by atoms with Crippen LogP contribution in [-0.2, 0) is 0 Å². The number of hydrogen-bond donors (Lipinski definition) is 1. The van der Waals surface area contributed by atoms with Gasteiger partial charge in [0, 0.05) is 6.42 Å². The molecule has 0 spiro atoms. The SMILES string of the molecule is CC[C@@H](O)c1ccc2c(c1)OCCCO2. The molecule has 1 aliphatic rings. The van der Waals surface area contributed by atoms with Crippen LogP contribution in [0, 0.1) is 0 Å². The smallest absolute Gasteiger partial charge is 0.161 e. The van der Waals surface area contributed by atoms with E-state index in [1.807, 2.05) is 25.1 Å². The summed E-state index contributed by atoms with van der Waals surface area (Å²) in [7, 11) is 0. The Balaban J connectivity index is 2.27. The first-order valence-electron chi connectivity index (χ1n) is 5.39. The van der Waals surface area contributed by atoms with Gasteiger partial charge in [0.2, 0.25) is 0 Å². The van der Waals surface area contributed by atoms with E-state index in [1.54, 1.807) is 0 Å². The number of fused-ring (bicyclic) bond motifs is 1. The van der Waals surface area contributed by atoms with Gasteiger partial charge in [0.1, 0.15) is 0 Å². The van der Waals surface area contributed by atoms with Crippen LogP contribution in [0.3, 0.4) is 0 Å². The number of ether oxygens (including phenoxy) is 2. The normalized spacial score (nSPS) is 16.9. The van der Waals surface area contributed by atoms with Crippen molar-refractivity contribution >= 4 is 0 Å². The third-order valence-corrected chi connectivity index (χ3v) is 2.54. The topological polar surface area (TPSA) is 38.7 Å².